The highest BCUT2D eigenvalue weighted by molar-refractivity contribution is 5.74. The minimum Gasteiger partial charge on any atom is -0.445 e. The predicted octanol–water partition coefficient (Wildman–Crippen LogP) is 2.54. The highest BCUT2D eigenvalue weighted by Gasteiger charge is 2.41. The number of carbonyl (C=O) groups is 2. The molecule has 1 N–H and O–H groups in total. The van der Waals surface area contributed by atoms with Gasteiger partial charge in [0.1, 0.15) is 25.0 Å². The van der Waals surface area contributed by atoms with Gasteiger partial charge in [0.15, 0.2) is 0 Å². The third-order valence-electron chi connectivity index (χ3n) is 4.61. The van der Waals surface area contributed by atoms with E-state index in [0.29, 0.717) is 12.7 Å². The smallest absolute Gasteiger partial charge is 0.410 e. The first-order valence-electron chi connectivity index (χ1n) is 8.95. The quantitative estimate of drug-likeness (QED) is 0.792. The van der Waals surface area contributed by atoms with Crippen LogP contribution < -0.4 is 0 Å². The maximum atomic E-state index is 12.5. The molecule has 0 aliphatic carbocycles. The molecule has 2 aromatic carbocycles. The van der Waals surface area contributed by atoms with E-state index in [1.165, 1.54) is 4.90 Å². The van der Waals surface area contributed by atoms with Crippen LogP contribution in [0.15, 0.2) is 60.7 Å². The number of piperidine rings is 1. The summed E-state index contributed by atoms with van der Waals surface area (Å²) in [6, 6.07) is 17.9. The molecule has 1 saturated heterocycles. The number of likely N-dealkylation sites (tertiary alicyclic amines) is 1. The largest absolute Gasteiger partial charge is 0.445 e. The van der Waals surface area contributed by atoms with E-state index in [1.807, 2.05) is 60.7 Å². The van der Waals surface area contributed by atoms with Crippen LogP contribution in [0.2, 0.25) is 0 Å². The number of rotatable bonds is 6. The van der Waals surface area contributed by atoms with Crippen LogP contribution in [0.1, 0.15) is 17.5 Å². The minimum atomic E-state index is -0.888. The molecule has 1 fully saturated rings. The molecule has 0 spiro atoms. The Morgan fingerprint density at radius 1 is 1.04 bits per heavy atom. The fourth-order valence-electron chi connectivity index (χ4n) is 3.13. The molecule has 1 heterocycles. The van der Waals surface area contributed by atoms with E-state index in [1.54, 1.807) is 0 Å². The predicted molar refractivity (Wildman–Crippen MR) is 98.8 cm³/mol. The molecule has 3 rings (SSSR count). The Hall–Kier alpha value is -2.70. The highest BCUT2D eigenvalue weighted by Crippen LogP contribution is 2.22. The molecule has 1 aliphatic rings. The lowest BCUT2D eigenvalue weighted by atomic mass is 9.97. The summed E-state index contributed by atoms with van der Waals surface area (Å²) in [5.74, 6) is 0. The lowest BCUT2D eigenvalue weighted by molar-refractivity contribution is -0.136. The Kier molecular flexibility index (Phi) is 6.57. The lowest BCUT2D eigenvalue weighted by Crippen LogP contribution is -2.58. The molecular weight excluding hydrogens is 346 g/mol. The Bertz CT molecular complexity index is 737. The SMILES string of the molecule is O=C[C@@H]1[C@@H](OCc2ccccc2)[C@H](O)CCN1C(=O)OCc1ccccc1. The third-order valence-corrected chi connectivity index (χ3v) is 4.61. The summed E-state index contributed by atoms with van der Waals surface area (Å²) in [4.78, 5) is 25.5. The van der Waals surface area contributed by atoms with E-state index in [0.717, 1.165) is 11.1 Å². The zero-order chi connectivity index (χ0) is 19.1. The minimum absolute atomic E-state index is 0.125. The van der Waals surface area contributed by atoms with Crippen LogP contribution in [-0.4, -0.2) is 47.2 Å². The first-order valence-corrected chi connectivity index (χ1v) is 8.95. The number of nitrogens with zero attached hydrogens (tertiary/aromatic N) is 1. The summed E-state index contributed by atoms with van der Waals surface area (Å²) in [6.45, 7) is 0.614. The number of benzene rings is 2. The van der Waals surface area contributed by atoms with Crippen molar-refractivity contribution in [2.24, 2.45) is 0 Å². The van der Waals surface area contributed by atoms with Crippen molar-refractivity contribution in [2.75, 3.05) is 6.54 Å². The number of aliphatic hydroxyl groups excluding tert-OH is 1. The van der Waals surface area contributed by atoms with Crippen LogP contribution in [0, 0.1) is 0 Å². The second-order valence-corrected chi connectivity index (χ2v) is 6.48. The molecule has 6 nitrogen and oxygen atoms in total. The first-order chi connectivity index (χ1) is 13.2. The summed E-state index contributed by atoms with van der Waals surface area (Å²) >= 11 is 0. The van der Waals surface area contributed by atoms with E-state index in [9.17, 15) is 14.7 Å². The van der Waals surface area contributed by atoms with Crippen molar-refractivity contribution < 1.29 is 24.2 Å². The van der Waals surface area contributed by atoms with E-state index >= 15 is 0 Å². The molecule has 0 bridgehead atoms. The molecule has 2 aromatic rings. The van der Waals surface area contributed by atoms with Crippen molar-refractivity contribution in [3.05, 3.63) is 71.8 Å². The summed E-state index contributed by atoms with van der Waals surface area (Å²) in [5, 5.41) is 10.3. The van der Waals surface area contributed by atoms with Gasteiger partial charge in [-0.3, -0.25) is 4.90 Å². The molecule has 0 saturated carbocycles. The van der Waals surface area contributed by atoms with Gasteiger partial charge in [-0.25, -0.2) is 4.79 Å². The maximum Gasteiger partial charge on any atom is 0.410 e. The van der Waals surface area contributed by atoms with Gasteiger partial charge in [0.2, 0.25) is 0 Å². The molecule has 1 aliphatic heterocycles. The number of aldehydes is 1. The molecule has 0 unspecified atom stereocenters. The number of aliphatic hydroxyl groups is 1. The molecule has 0 radical (unpaired) electrons. The van der Waals surface area contributed by atoms with E-state index in [-0.39, 0.29) is 19.8 Å². The van der Waals surface area contributed by atoms with Crippen molar-refractivity contribution in [2.45, 2.75) is 37.9 Å². The third kappa shape index (κ3) is 4.93. The van der Waals surface area contributed by atoms with Gasteiger partial charge in [0.25, 0.3) is 0 Å². The molecular formula is C21H23NO5. The van der Waals surface area contributed by atoms with Crippen LogP contribution >= 0.6 is 0 Å². The first kappa shape index (κ1) is 19.1. The maximum absolute atomic E-state index is 12.5. The summed E-state index contributed by atoms with van der Waals surface area (Å²) < 4.78 is 11.1. The molecule has 3 atom stereocenters. The standard InChI is InChI=1S/C21H23NO5/c23-13-18-20(26-14-16-7-3-1-4-8-16)19(24)11-12-22(18)21(25)27-15-17-9-5-2-6-10-17/h1-10,13,18-20,24H,11-12,14-15H2/t18-,19-,20-/m1/s1. The van der Waals surface area contributed by atoms with Gasteiger partial charge >= 0.3 is 6.09 Å². The topological polar surface area (TPSA) is 76.1 Å². The van der Waals surface area contributed by atoms with Gasteiger partial charge in [-0.15, -0.1) is 0 Å². The van der Waals surface area contributed by atoms with Crippen LogP contribution in [0.5, 0.6) is 0 Å². The van der Waals surface area contributed by atoms with Gasteiger partial charge in [0, 0.05) is 6.54 Å². The van der Waals surface area contributed by atoms with Gasteiger partial charge in [-0.05, 0) is 17.5 Å². The van der Waals surface area contributed by atoms with E-state index in [2.05, 4.69) is 0 Å². The van der Waals surface area contributed by atoms with E-state index < -0.39 is 24.3 Å². The lowest BCUT2D eigenvalue weighted by Gasteiger charge is -2.40. The zero-order valence-electron chi connectivity index (χ0n) is 14.9. The Balaban J connectivity index is 1.62. The normalized spacial score (nSPS) is 22.3. The van der Waals surface area contributed by atoms with Gasteiger partial charge < -0.3 is 19.4 Å². The Morgan fingerprint density at radius 3 is 2.22 bits per heavy atom. The summed E-state index contributed by atoms with van der Waals surface area (Å²) in [6.07, 6.45) is -1.23. The number of hydrogen-bond acceptors (Lipinski definition) is 5. The monoisotopic (exact) mass is 369 g/mol. The highest BCUT2D eigenvalue weighted by atomic mass is 16.6. The summed E-state index contributed by atoms with van der Waals surface area (Å²) in [5.41, 5.74) is 1.79. The van der Waals surface area contributed by atoms with Crippen LogP contribution in [0.4, 0.5) is 4.79 Å². The van der Waals surface area contributed by atoms with Crippen LogP contribution in [0.25, 0.3) is 0 Å². The molecule has 1 amide bonds. The van der Waals surface area contributed by atoms with Gasteiger partial charge in [0.05, 0.1) is 12.7 Å². The molecule has 142 valence electrons. The second kappa shape index (κ2) is 9.30. The van der Waals surface area contributed by atoms with Crippen molar-refractivity contribution in [3.8, 4) is 0 Å². The van der Waals surface area contributed by atoms with Crippen molar-refractivity contribution in [1.82, 2.24) is 4.90 Å². The average molecular weight is 369 g/mol. The Morgan fingerprint density at radius 2 is 1.63 bits per heavy atom. The molecule has 6 heteroatoms. The van der Waals surface area contributed by atoms with Crippen molar-refractivity contribution in [3.63, 3.8) is 0 Å². The van der Waals surface area contributed by atoms with Gasteiger partial charge in [-0.2, -0.15) is 0 Å². The fraction of sp³-hybridized carbons (Fsp3) is 0.333. The van der Waals surface area contributed by atoms with E-state index in [4.69, 9.17) is 9.47 Å². The second-order valence-electron chi connectivity index (χ2n) is 6.48. The van der Waals surface area contributed by atoms with Crippen molar-refractivity contribution >= 4 is 12.4 Å². The fourth-order valence-corrected chi connectivity index (χ4v) is 3.13. The van der Waals surface area contributed by atoms with Crippen LogP contribution in [0.3, 0.4) is 0 Å². The number of hydrogen-bond donors (Lipinski definition) is 1. The number of ether oxygens (including phenoxy) is 2. The molecule has 0 aromatic heterocycles. The Labute approximate surface area is 158 Å². The number of carbonyl (C=O) groups excluding carboxylic acids is 2. The number of amides is 1. The van der Waals surface area contributed by atoms with Crippen molar-refractivity contribution in [1.29, 1.82) is 0 Å². The molecule has 27 heavy (non-hydrogen) atoms. The van der Waals surface area contributed by atoms with Crippen LogP contribution in [-0.2, 0) is 27.5 Å². The van der Waals surface area contributed by atoms with Gasteiger partial charge in [-0.1, -0.05) is 60.7 Å². The average Bonchev–Trinajstić information content (AvgIpc) is 2.72. The summed E-state index contributed by atoms with van der Waals surface area (Å²) in [7, 11) is 0. The zero-order valence-corrected chi connectivity index (χ0v) is 14.9.